The minimum atomic E-state index is 0.279. The number of fused-ring (bicyclic) bond motifs is 1. The number of hydrogen-bond acceptors (Lipinski definition) is 3. The summed E-state index contributed by atoms with van der Waals surface area (Å²) in [6.45, 7) is 0.605. The average Bonchev–Trinajstić information content (AvgIpc) is 2.56. The predicted octanol–water partition coefficient (Wildman–Crippen LogP) is 4.33. The molecule has 0 spiro atoms. The van der Waals surface area contributed by atoms with Gasteiger partial charge in [-0.1, -0.05) is 48.5 Å². The first-order valence-corrected chi connectivity index (χ1v) is 7.63. The first kappa shape index (κ1) is 14.0. The summed E-state index contributed by atoms with van der Waals surface area (Å²) in [5.74, 6) is 1.84. The molecule has 0 saturated carbocycles. The van der Waals surface area contributed by atoms with Gasteiger partial charge in [0.05, 0.1) is 18.3 Å². The highest BCUT2D eigenvalue weighted by molar-refractivity contribution is 7.80. The van der Waals surface area contributed by atoms with Crippen LogP contribution in [0, 0.1) is 0 Å². The molecule has 0 amide bonds. The van der Waals surface area contributed by atoms with Crippen molar-refractivity contribution in [3.8, 4) is 5.75 Å². The summed E-state index contributed by atoms with van der Waals surface area (Å²) in [5.41, 5.74) is 2.24. The van der Waals surface area contributed by atoms with Gasteiger partial charge in [0, 0.05) is 17.1 Å². The van der Waals surface area contributed by atoms with Crippen LogP contribution in [0.1, 0.15) is 11.5 Å². The largest absolute Gasteiger partial charge is 0.491 e. The molecule has 0 aliphatic heterocycles. The molecule has 0 aliphatic rings. The number of aromatic nitrogens is 1. The van der Waals surface area contributed by atoms with E-state index in [-0.39, 0.29) is 5.92 Å². The Bertz CT molecular complexity index is 714. The van der Waals surface area contributed by atoms with Crippen molar-refractivity contribution >= 4 is 23.5 Å². The Labute approximate surface area is 130 Å². The van der Waals surface area contributed by atoms with Gasteiger partial charge in [0.1, 0.15) is 5.75 Å². The van der Waals surface area contributed by atoms with Gasteiger partial charge in [0.15, 0.2) is 0 Å². The fraction of sp³-hybridized carbons (Fsp3) is 0.167. The number of rotatable bonds is 5. The second kappa shape index (κ2) is 6.64. The average molecular weight is 295 g/mol. The summed E-state index contributed by atoms with van der Waals surface area (Å²) in [6.07, 6.45) is 1.78. The maximum Gasteiger partial charge on any atom is 0.138 e. The lowest BCUT2D eigenvalue weighted by Gasteiger charge is -2.16. The molecule has 0 aliphatic carbocycles. The molecule has 1 aromatic heterocycles. The SMILES string of the molecule is SCC(COc1cnc2ccccc2c1)c1ccccc1. The molecule has 21 heavy (non-hydrogen) atoms. The molecule has 0 radical (unpaired) electrons. The number of pyridine rings is 1. The van der Waals surface area contributed by atoms with Crippen molar-refractivity contribution in [1.82, 2.24) is 4.98 Å². The Morgan fingerprint density at radius 2 is 1.76 bits per heavy atom. The summed E-state index contributed by atoms with van der Waals surface area (Å²) < 4.78 is 5.91. The van der Waals surface area contributed by atoms with Crippen LogP contribution < -0.4 is 4.74 Å². The summed E-state index contributed by atoms with van der Waals surface area (Å²) in [4.78, 5) is 4.41. The molecular formula is C18H17NOS. The third-order valence-electron chi connectivity index (χ3n) is 3.51. The van der Waals surface area contributed by atoms with Crippen molar-refractivity contribution in [3.05, 3.63) is 72.4 Å². The lowest BCUT2D eigenvalue weighted by atomic mass is 10.0. The summed E-state index contributed by atoms with van der Waals surface area (Å²) in [5, 5.41) is 1.09. The van der Waals surface area contributed by atoms with Gasteiger partial charge < -0.3 is 4.74 Å². The van der Waals surface area contributed by atoms with Crippen LogP contribution in [-0.2, 0) is 0 Å². The molecule has 0 bridgehead atoms. The van der Waals surface area contributed by atoms with Crippen molar-refractivity contribution in [2.45, 2.75) is 5.92 Å². The fourth-order valence-electron chi connectivity index (χ4n) is 2.31. The van der Waals surface area contributed by atoms with Gasteiger partial charge >= 0.3 is 0 Å². The van der Waals surface area contributed by atoms with Gasteiger partial charge in [-0.2, -0.15) is 12.6 Å². The van der Waals surface area contributed by atoms with Crippen molar-refractivity contribution in [2.24, 2.45) is 0 Å². The third-order valence-corrected chi connectivity index (χ3v) is 3.95. The van der Waals surface area contributed by atoms with Crippen LogP contribution in [0.15, 0.2) is 66.9 Å². The van der Waals surface area contributed by atoms with E-state index in [0.717, 1.165) is 22.4 Å². The highest BCUT2D eigenvalue weighted by Gasteiger charge is 2.10. The summed E-state index contributed by atoms with van der Waals surface area (Å²) >= 11 is 4.44. The van der Waals surface area contributed by atoms with Crippen molar-refractivity contribution in [2.75, 3.05) is 12.4 Å². The predicted molar refractivity (Wildman–Crippen MR) is 90.3 cm³/mol. The molecule has 1 heterocycles. The van der Waals surface area contributed by atoms with Crippen molar-refractivity contribution in [3.63, 3.8) is 0 Å². The van der Waals surface area contributed by atoms with Gasteiger partial charge in [-0.3, -0.25) is 4.98 Å². The van der Waals surface area contributed by atoms with Gasteiger partial charge in [0.25, 0.3) is 0 Å². The van der Waals surface area contributed by atoms with Crippen LogP contribution in [0.25, 0.3) is 10.9 Å². The Morgan fingerprint density at radius 3 is 2.57 bits per heavy atom. The zero-order chi connectivity index (χ0) is 14.5. The molecule has 2 aromatic carbocycles. The number of thiol groups is 1. The molecule has 2 nitrogen and oxygen atoms in total. The zero-order valence-corrected chi connectivity index (χ0v) is 12.5. The minimum absolute atomic E-state index is 0.279. The molecule has 3 heteroatoms. The van der Waals surface area contributed by atoms with E-state index < -0.39 is 0 Å². The maximum atomic E-state index is 5.91. The van der Waals surface area contributed by atoms with E-state index in [1.807, 2.05) is 48.5 Å². The maximum absolute atomic E-state index is 5.91. The highest BCUT2D eigenvalue weighted by atomic mass is 32.1. The molecule has 1 atom stereocenters. The molecular weight excluding hydrogens is 278 g/mol. The van der Waals surface area contributed by atoms with Gasteiger partial charge in [-0.15, -0.1) is 0 Å². The van der Waals surface area contributed by atoms with E-state index in [0.29, 0.717) is 6.61 Å². The second-order valence-electron chi connectivity index (χ2n) is 4.96. The van der Waals surface area contributed by atoms with Crippen LogP contribution in [-0.4, -0.2) is 17.3 Å². The quantitative estimate of drug-likeness (QED) is 0.708. The minimum Gasteiger partial charge on any atom is -0.491 e. The van der Waals surface area contributed by atoms with Crippen LogP contribution in [0.2, 0.25) is 0 Å². The smallest absolute Gasteiger partial charge is 0.138 e. The normalized spacial score (nSPS) is 12.2. The Hall–Kier alpha value is -2.00. The molecule has 106 valence electrons. The van der Waals surface area contributed by atoms with E-state index in [9.17, 15) is 0 Å². The Balaban J connectivity index is 1.73. The second-order valence-corrected chi connectivity index (χ2v) is 5.33. The number of benzene rings is 2. The van der Waals surface area contributed by atoms with Crippen LogP contribution in [0.5, 0.6) is 5.75 Å². The van der Waals surface area contributed by atoms with Crippen molar-refractivity contribution in [1.29, 1.82) is 0 Å². The van der Waals surface area contributed by atoms with E-state index in [1.165, 1.54) is 5.56 Å². The van der Waals surface area contributed by atoms with Crippen molar-refractivity contribution < 1.29 is 4.74 Å². The molecule has 0 fully saturated rings. The van der Waals surface area contributed by atoms with Crippen LogP contribution in [0.4, 0.5) is 0 Å². The van der Waals surface area contributed by atoms with Gasteiger partial charge in [-0.25, -0.2) is 0 Å². The standard InChI is InChI=1S/C18H17NOS/c21-13-16(14-6-2-1-3-7-14)12-20-17-10-15-8-4-5-9-18(15)19-11-17/h1-11,16,21H,12-13H2. The van der Waals surface area contributed by atoms with E-state index in [1.54, 1.807) is 6.20 Å². The summed E-state index contributed by atoms with van der Waals surface area (Å²) in [7, 11) is 0. The number of ether oxygens (including phenoxy) is 1. The Morgan fingerprint density at radius 1 is 1.00 bits per heavy atom. The van der Waals surface area contributed by atoms with Crippen LogP contribution in [0.3, 0.4) is 0 Å². The Kier molecular flexibility index (Phi) is 4.41. The van der Waals surface area contributed by atoms with Crippen LogP contribution >= 0.6 is 12.6 Å². The fourth-order valence-corrected chi connectivity index (χ4v) is 2.62. The topological polar surface area (TPSA) is 22.1 Å². The lowest BCUT2D eigenvalue weighted by Crippen LogP contribution is -2.12. The number of para-hydroxylation sites is 1. The van der Waals surface area contributed by atoms with Gasteiger partial charge in [-0.05, 0) is 17.7 Å². The monoisotopic (exact) mass is 295 g/mol. The number of nitrogens with zero attached hydrogens (tertiary/aromatic N) is 1. The first-order valence-electron chi connectivity index (χ1n) is 7.00. The third kappa shape index (κ3) is 3.37. The molecule has 3 rings (SSSR count). The molecule has 3 aromatic rings. The summed E-state index contributed by atoms with van der Waals surface area (Å²) in [6, 6.07) is 20.4. The van der Waals surface area contributed by atoms with E-state index in [4.69, 9.17) is 4.74 Å². The van der Waals surface area contributed by atoms with Gasteiger partial charge in [0.2, 0.25) is 0 Å². The molecule has 0 saturated heterocycles. The lowest BCUT2D eigenvalue weighted by molar-refractivity contribution is 0.297. The first-order chi connectivity index (χ1) is 10.4. The zero-order valence-electron chi connectivity index (χ0n) is 11.6. The number of hydrogen-bond donors (Lipinski definition) is 1. The van der Waals surface area contributed by atoms with E-state index >= 15 is 0 Å². The highest BCUT2D eigenvalue weighted by Crippen LogP contribution is 2.21. The van der Waals surface area contributed by atoms with E-state index in [2.05, 4.69) is 29.7 Å². The molecule has 1 unspecified atom stereocenters. The molecule has 0 N–H and O–H groups in total.